The summed E-state index contributed by atoms with van der Waals surface area (Å²) >= 11 is 3.60. The monoisotopic (exact) mass is 351 g/mol. The van der Waals surface area contributed by atoms with Gasteiger partial charge in [-0.05, 0) is 44.4 Å². The zero-order chi connectivity index (χ0) is 15.6. The Morgan fingerprint density at radius 3 is 2.43 bits per heavy atom. The van der Waals surface area contributed by atoms with E-state index in [-0.39, 0.29) is 12.1 Å². The minimum atomic E-state index is 0.0113. The van der Waals surface area contributed by atoms with Crippen molar-refractivity contribution in [3.05, 3.63) is 45.4 Å². The van der Waals surface area contributed by atoms with Crippen molar-refractivity contribution in [3.8, 4) is 0 Å². The molecule has 0 aliphatic rings. The highest BCUT2D eigenvalue weighted by molar-refractivity contribution is 9.10. The van der Waals surface area contributed by atoms with Crippen molar-refractivity contribution in [1.29, 1.82) is 0 Å². The fraction of sp³-hybridized carbons (Fsp3) is 0.467. The normalized spacial score (nSPS) is 12.9. The first-order valence-corrected chi connectivity index (χ1v) is 7.84. The zero-order valence-corrected chi connectivity index (χ0v) is 14.5. The summed E-state index contributed by atoms with van der Waals surface area (Å²) in [6.07, 6.45) is 2.30. The number of aromatic nitrogens is 3. The van der Waals surface area contributed by atoms with Crippen LogP contribution in [0.2, 0.25) is 0 Å². The summed E-state index contributed by atoms with van der Waals surface area (Å²) in [7, 11) is 0. The molecule has 1 heterocycles. The summed E-state index contributed by atoms with van der Waals surface area (Å²) in [6, 6.07) is 4.60. The summed E-state index contributed by atoms with van der Waals surface area (Å²) in [4.78, 5) is 4.36. The molecule has 0 amide bonds. The molecule has 0 saturated carbocycles. The summed E-state index contributed by atoms with van der Waals surface area (Å²) in [5.41, 5.74) is 6.47. The second kappa shape index (κ2) is 6.68. The summed E-state index contributed by atoms with van der Waals surface area (Å²) in [5.74, 6) is 6.70. The first-order chi connectivity index (χ1) is 9.93. The Hall–Kier alpha value is -1.24. The molecule has 0 aliphatic carbocycles. The molecule has 114 valence electrons. The fourth-order valence-corrected chi connectivity index (χ4v) is 2.72. The lowest BCUT2D eigenvalue weighted by molar-refractivity contribution is 0.468. The van der Waals surface area contributed by atoms with E-state index in [1.54, 1.807) is 6.33 Å². The molecule has 1 aromatic heterocycles. The number of aryl methyl sites for hydroxylation is 2. The molecule has 0 saturated heterocycles. The average Bonchev–Trinajstić information content (AvgIpc) is 2.90. The topological polar surface area (TPSA) is 68.8 Å². The van der Waals surface area contributed by atoms with Crippen molar-refractivity contribution in [2.75, 3.05) is 0 Å². The van der Waals surface area contributed by atoms with Gasteiger partial charge in [-0.1, -0.05) is 28.1 Å². The standard InChI is InChI=1S/C15H22BrN5/c1-9(2)21-14(18-8-19-21)7-13(20-17)12-5-10(3)15(16)11(4)6-12/h5-6,8-9,13,20H,7,17H2,1-4H3. The van der Waals surface area contributed by atoms with Crippen molar-refractivity contribution in [3.63, 3.8) is 0 Å². The van der Waals surface area contributed by atoms with E-state index in [2.05, 4.69) is 71.3 Å². The third kappa shape index (κ3) is 3.51. The second-order valence-corrected chi connectivity index (χ2v) is 6.40. The van der Waals surface area contributed by atoms with Crippen molar-refractivity contribution in [1.82, 2.24) is 20.2 Å². The smallest absolute Gasteiger partial charge is 0.138 e. The third-order valence-corrected chi connectivity index (χ3v) is 4.84. The number of benzene rings is 1. The van der Waals surface area contributed by atoms with Crippen LogP contribution in [0.1, 0.15) is 48.4 Å². The van der Waals surface area contributed by atoms with E-state index in [9.17, 15) is 0 Å². The van der Waals surface area contributed by atoms with Crippen LogP contribution in [-0.4, -0.2) is 14.8 Å². The molecule has 0 spiro atoms. The van der Waals surface area contributed by atoms with Crippen LogP contribution in [0.3, 0.4) is 0 Å². The molecule has 1 unspecified atom stereocenters. The predicted octanol–water partition coefficient (Wildman–Crippen LogP) is 2.99. The van der Waals surface area contributed by atoms with E-state index < -0.39 is 0 Å². The number of hydrazine groups is 1. The van der Waals surface area contributed by atoms with Crippen LogP contribution < -0.4 is 11.3 Å². The van der Waals surface area contributed by atoms with Gasteiger partial charge in [0.25, 0.3) is 0 Å². The van der Waals surface area contributed by atoms with E-state index in [1.807, 2.05) is 4.68 Å². The summed E-state index contributed by atoms with van der Waals surface area (Å²) in [5, 5.41) is 4.28. The van der Waals surface area contributed by atoms with Gasteiger partial charge in [0.1, 0.15) is 12.2 Å². The molecule has 21 heavy (non-hydrogen) atoms. The Labute approximate surface area is 134 Å². The number of halogens is 1. The highest BCUT2D eigenvalue weighted by Gasteiger charge is 2.17. The SMILES string of the molecule is Cc1cc(C(Cc2ncnn2C(C)C)NN)cc(C)c1Br. The summed E-state index contributed by atoms with van der Waals surface area (Å²) < 4.78 is 3.08. The maximum atomic E-state index is 5.77. The van der Waals surface area contributed by atoms with Gasteiger partial charge in [0.05, 0.1) is 6.04 Å². The minimum Gasteiger partial charge on any atom is -0.271 e. The van der Waals surface area contributed by atoms with Crippen LogP contribution in [0.15, 0.2) is 22.9 Å². The van der Waals surface area contributed by atoms with Crippen LogP contribution >= 0.6 is 15.9 Å². The second-order valence-electron chi connectivity index (χ2n) is 5.61. The van der Waals surface area contributed by atoms with Crippen molar-refractivity contribution in [2.24, 2.45) is 5.84 Å². The van der Waals surface area contributed by atoms with Gasteiger partial charge < -0.3 is 0 Å². The van der Waals surface area contributed by atoms with E-state index in [1.165, 1.54) is 11.1 Å². The molecule has 3 N–H and O–H groups in total. The Morgan fingerprint density at radius 2 is 1.90 bits per heavy atom. The van der Waals surface area contributed by atoms with E-state index >= 15 is 0 Å². The number of nitrogens with zero attached hydrogens (tertiary/aromatic N) is 3. The van der Waals surface area contributed by atoms with Gasteiger partial charge in [-0.2, -0.15) is 5.10 Å². The maximum Gasteiger partial charge on any atom is 0.138 e. The molecule has 0 bridgehead atoms. The van der Waals surface area contributed by atoms with E-state index in [4.69, 9.17) is 5.84 Å². The van der Waals surface area contributed by atoms with Gasteiger partial charge in [0.15, 0.2) is 0 Å². The van der Waals surface area contributed by atoms with Crippen molar-refractivity contribution < 1.29 is 0 Å². The van der Waals surface area contributed by atoms with Gasteiger partial charge in [-0.3, -0.25) is 11.3 Å². The molecule has 2 rings (SSSR count). The molecule has 1 aromatic carbocycles. The van der Waals surface area contributed by atoms with Gasteiger partial charge in [0.2, 0.25) is 0 Å². The van der Waals surface area contributed by atoms with E-state index in [0.29, 0.717) is 6.42 Å². The molecular weight excluding hydrogens is 330 g/mol. The zero-order valence-electron chi connectivity index (χ0n) is 12.9. The first kappa shape index (κ1) is 16.1. The summed E-state index contributed by atoms with van der Waals surface area (Å²) in [6.45, 7) is 8.36. The predicted molar refractivity (Wildman–Crippen MR) is 87.8 cm³/mol. The number of hydrogen-bond acceptors (Lipinski definition) is 4. The van der Waals surface area contributed by atoms with Crippen LogP contribution in [0.5, 0.6) is 0 Å². The molecule has 0 radical (unpaired) electrons. The molecule has 0 aliphatic heterocycles. The average molecular weight is 352 g/mol. The molecule has 6 heteroatoms. The number of nitrogens with two attached hydrogens (primary N) is 1. The quantitative estimate of drug-likeness (QED) is 0.641. The van der Waals surface area contributed by atoms with Gasteiger partial charge in [0, 0.05) is 16.9 Å². The molecule has 5 nitrogen and oxygen atoms in total. The highest BCUT2D eigenvalue weighted by atomic mass is 79.9. The largest absolute Gasteiger partial charge is 0.271 e. The van der Waals surface area contributed by atoms with Crippen LogP contribution in [0, 0.1) is 13.8 Å². The number of nitrogens with one attached hydrogen (secondary N) is 1. The molecule has 1 atom stereocenters. The van der Waals surface area contributed by atoms with Gasteiger partial charge in [-0.15, -0.1) is 0 Å². The van der Waals surface area contributed by atoms with Crippen LogP contribution in [0.25, 0.3) is 0 Å². The van der Waals surface area contributed by atoms with Crippen molar-refractivity contribution in [2.45, 2.75) is 46.2 Å². The van der Waals surface area contributed by atoms with Crippen LogP contribution in [0.4, 0.5) is 0 Å². The number of hydrogen-bond donors (Lipinski definition) is 2. The molecule has 0 fully saturated rings. The fourth-order valence-electron chi connectivity index (χ4n) is 2.49. The molecule has 2 aromatic rings. The lowest BCUT2D eigenvalue weighted by atomic mass is 9.99. The third-order valence-electron chi connectivity index (χ3n) is 3.59. The lowest BCUT2D eigenvalue weighted by Gasteiger charge is -2.19. The molecular formula is C15H22BrN5. The minimum absolute atomic E-state index is 0.0113. The Morgan fingerprint density at radius 1 is 1.29 bits per heavy atom. The Bertz CT molecular complexity index is 597. The van der Waals surface area contributed by atoms with Gasteiger partial charge in [-0.25, -0.2) is 9.67 Å². The number of rotatable bonds is 5. The van der Waals surface area contributed by atoms with Crippen molar-refractivity contribution >= 4 is 15.9 Å². The van der Waals surface area contributed by atoms with E-state index in [0.717, 1.165) is 15.9 Å². The van der Waals surface area contributed by atoms with Crippen LogP contribution in [-0.2, 0) is 6.42 Å². The van der Waals surface area contributed by atoms with Gasteiger partial charge >= 0.3 is 0 Å². The Kier molecular flexibility index (Phi) is 5.13. The first-order valence-electron chi connectivity index (χ1n) is 7.05. The lowest BCUT2D eigenvalue weighted by Crippen LogP contribution is -2.30. The maximum absolute atomic E-state index is 5.77. The Balaban J connectivity index is 2.30. The highest BCUT2D eigenvalue weighted by Crippen LogP contribution is 2.27.